The summed E-state index contributed by atoms with van der Waals surface area (Å²) in [6, 6.07) is 8.21. The number of anilines is 1. The van der Waals surface area contributed by atoms with E-state index in [1.54, 1.807) is 0 Å². The number of halogens is 1. The Bertz CT molecular complexity index is 565. The van der Waals surface area contributed by atoms with Crippen molar-refractivity contribution in [3.8, 4) is 0 Å². The van der Waals surface area contributed by atoms with Crippen LogP contribution in [0.25, 0.3) is 0 Å². The molecule has 4 rings (SSSR count). The van der Waals surface area contributed by atoms with Crippen LogP contribution < -0.4 is 10.6 Å². The Balaban J connectivity index is 0.00000169. The number of carbonyl (C=O) groups is 1. The molecule has 1 aromatic rings. The van der Waals surface area contributed by atoms with Crippen LogP contribution in [0.3, 0.4) is 0 Å². The monoisotopic (exact) mass is 349 g/mol. The third-order valence-corrected chi connectivity index (χ3v) is 5.91. The van der Waals surface area contributed by atoms with Crippen molar-refractivity contribution in [1.82, 2.24) is 10.2 Å². The van der Waals surface area contributed by atoms with E-state index in [0.29, 0.717) is 5.92 Å². The summed E-state index contributed by atoms with van der Waals surface area (Å²) < 4.78 is 0. The van der Waals surface area contributed by atoms with Gasteiger partial charge in [0.2, 0.25) is 5.91 Å². The lowest BCUT2D eigenvalue weighted by Gasteiger charge is -2.37. The van der Waals surface area contributed by atoms with Gasteiger partial charge in [0.15, 0.2) is 0 Å². The van der Waals surface area contributed by atoms with Crippen molar-refractivity contribution in [2.45, 2.75) is 31.6 Å². The van der Waals surface area contributed by atoms with Crippen LogP contribution in [0.1, 0.15) is 37.2 Å². The van der Waals surface area contributed by atoms with Crippen molar-refractivity contribution in [1.29, 1.82) is 0 Å². The lowest BCUT2D eigenvalue weighted by molar-refractivity contribution is -0.118. The van der Waals surface area contributed by atoms with Gasteiger partial charge in [-0.15, -0.1) is 12.4 Å². The van der Waals surface area contributed by atoms with Gasteiger partial charge in [-0.05, 0) is 75.3 Å². The SMILES string of the molecule is Cl.O=C1Nc2ccccc2C1C1CCN(CC2CCNCC2)CC1. The molecule has 3 aliphatic heterocycles. The van der Waals surface area contributed by atoms with Crippen LogP contribution in [0, 0.1) is 11.8 Å². The van der Waals surface area contributed by atoms with Gasteiger partial charge in [-0.3, -0.25) is 4.79 Å². The van der Waals surface area contributed by atoms with E-state index in [9.17, 15) is 4.79 Å². The molecule has 0 spiro atoms. The predicted molar refractivity (Wildman–Crippen MR) is 99.8 cm³/mol. The zero-order chi connectivity index (χ0) is 15.6. The summed E-state index contributed by atoms with van der Waals surface area (Å²) in [4.78, 5) is 15.0. The summed E-state index contributed by atoms with van der Waals surface area (Å²) in [6.45, 7) is 5.92. The highest BCUT2D eigenvalue weighted by atomic mass is 35.5. The second-order valence-electron chi connectivity index (χ2n) is 7.39. The zero-order valence-electron chi connectivity index (χ0n) is 14.2. The third-order valence-electron chi connectivity index (χ3n) is 5.91. The number of piperidine rings is 2. The first-order valence-electron chi connectivity index (χ1n) is 9.14. The number of carbonyl (C=O) groups excluding carboxylic acids is 1. The van der Waals surface area contributed by atoms with Crippen molar-refractivity contribution in [3.05, 3.63) is 29.8 Å². The largest absolute Gasteiger partial charge is 0.325 e. The molecule has 1 unspecified atom stereocenters. The van der Waals surface area contributed by atoms with Crippen molar-refractivity contribution in [3.63, 3.8) is 0 Å². The first-order valence-corrected chi connectivity index (χ1v) is 9.14. The van der Waals surface area contributed by atoms with Gasteiger partial charge in [0.25, 0.3) is 0 Å². The summed E-state index contributed by atoms with van der Waals surface area (Å²) in [7, 11) is 0. The minimum Gasteiger partial charge on any atom is -0.325 e. The first-order chi connectivity index (χ1) is 11.3. The highest BCUT2D eigenvalue weighted by molar-refractivity contribution is 6.03. The van der Waals surface area contributed by atoms with Crippen LogP contribution in [-0.4, -0.2) is 43.5 Å². The van der Waals surface area contributed by atoms with E-state index in [1.807, 2.05) is 12.1 Å². The van der Waals surface area contributed by atoms with E-state index in [0.717, 1.165) is 37.5 Å². The zero-order valence-corrected chi connectivity index (χ0v) is 15.0. The standard InChI is InChI=1S/C19H27N3O.ClH/c23-19-18(16-3-1-2-4-17(16)21-19)15-7-11-22(12-8-15)13-14-5-9-20-10-6-14;/h1-4,14-15,18,20H,5-13H2,(H,21,23);1H. The number of nitrogens with one attached hydrogen (secondary N) is 2. The summed E-state index contributed by atoms with van der Waals surface area (Å²) >= 11 is 0. The average Bonchev–Trinajstić information content (AvgIpc) is 2.92. The topological polar surface area (TPSA) is 44.4 Å². The number of rotatable bonds is 3. The van der Waals surface area contributed by atoms with E-state index < -0.39 is 0 Å². The maximum atomic E-state index is 12.4. The fourth-order valence-electron chi connectivity index (χ4n) is 4.60. The number of para-hydroxylation sites is 1. The molecular formula is C19H28ClN3O. The summed E-state index contributed by atoms with van der Waals surface area (Å²) in [6.07, 6.45) is 4.94. The van der Waals surface area contributed by atoms with Crippen LogP contribution >= 0.6 is 12.4 Å². The van der Waals surface area contributed by atoms with Crippen LogP contribution in [0.5, 0.6) is 0 Å². The third kappa shape index (κ3) is 3.61. The summed E-state index contributed by atoms with van der Waals surface area (Å²) in [5.41, 5.74) is 2.24. The first kappa shape index (κ1) is 17.7. The molecule has 0 aliphatic carbocycles. The number of nitrogens with zero attached hydrogens (tertiary/aromatic N) is 1. The number of fused-ring (bicyclic) bond motifs is 1. The second-order valence-corrected chi connectivity index (χ2v) is 7.39. The summed E-state index contributed by atoms with van der Waals surface area (Å²) in [5.74, 6) is 1.65. The number of hydrogen-bond donors (Lipinski definition) is 2. The molecule has 1 amide bonds. The summed E-state index contributed by atoms with van der Waals surface area (Å²) in [5, 5.41) is 6.51. The molecule has 3 heterocycles. The highest BCUT2D eigenvalue weighted by Gasteiger charge is 2.38. The van der Waals surface area contributed by atoms with Crippen molar-refractivity contribution >= 4 is 24.0 Å². The van der Waals surface area contributed by atoms with Crippen molar-refractivity contribution < 1.29 is 4.79 Å². The van der Waals surface area contributed by atoms with E-state index in [4.69, 9.17) is 0 Å². The molecule has 132 valence electrons. The predicted octanol–water partition coefficient (Wildman–Crippen LogP) is 2.86. The van der Waals surface area contributed by atoms with Gasteiger partial charge in [-0.25, -0.2) is 0 Å². The van der Waals surface area contributed by atoms with Gasteiger partial charge in [-0.2, -0.15) is 0 Å². The molecule has 0 bridgehead atoms. The average molecular weight is 350 g/mol. The molecule has 5 heteroatoms. The molecule has 2 fully saturated rings. The molecule has 1 aromatic carbocycles. The number of amides is 1. The fourth-order valence-corrected chi connectivity index (χ4v) is 4.60. The molecule has 2 N–H and O–H groups in total. The maximum Gasteiger partial charge on any atom is 0.232 e. The maximum absolute atomic E-state index is 12.4. The van der Waals surface area contributed by atoms with E-state index in [2.05, 4.69) is 27.7 Å². The Labute approximate surface area is 150 Å². The molecule has 4 nitrogen and oxygen atoms in total. The molecule has 0 aromatic heterocycles. The normalized spacial score (nSPS) is 25.8. The smallest absolute Gasteiger partial charge is 0.232 e. The number of hydrogen-bond acceptors (Lipinski definition) is 3. The van der Waals surface area contributed by atoms with Crippen molar-refractivity contribution in [2.24, 2.45) is 11.8 Å². The lowest BCUT2D eigenvalue weighted by atomic mass is 9.80. The van der Waals surface area contributed by atoms with E-state index in [1.165, 1.54) is 38.0 Å². The number of likely N-dealkylation sites (tertiary alicyclic amines) is 1. The minimum atomic E-state index is 0. The molecule has 0 radical (unpaired) electrons. The molecular weight excluding hydrogens is 322 g/mol. The van der Waals surface area contributed by atoms with Crippen LogP contribution in [0.4, 0.5) is 5.69 Å². The van der Waals surface area contributed by atoms with Crippen molar-refractivity contribution in [2.75, 3.05) is 38.0 Å². The molecule has 3 aliphatic rings. The Hall–Kier alpha value is -1.10. The van der Waals surface area contributed by atoms with Gasteiger partial charge in [0.05, 0.1) is 5.92 Å². The highest BCUT2D eigenvalue weighted by Crippen LogP contribution is 2.41. The number of benzene rings is 1. The van der Waals surface area contributed by atoms with Crippen LogP contribution in [-0.2, 0) is 4.79 Å². The van der Waals surface area contributed by atoms with Gasteiger partial charge in [0.1, 0.15) is 0 Å². The van der Waals surface area contributed by atoms with E-state index in [-0.39, 0.29) is 24.2 Å². The van der Waals surface area contributed by atoms with Gasteiger partial charge >= 0.3 is 0 Å². The Morgan fingerprint density at radius 3 is 2.50 bits per heavy atom. The van der Waals surface area contributed by atoms with E-state index >= 15 is 0 Å². The molecule has 0 saturated carbocycles. The fraction of sp³-hybridized carbons (Fsp3) is 0.632. The van der Waals surface area contributed by atoms with Crippen LogP contribution in [0.15, 0.2) is 24.3 Å². The molecule has 24 heavy (non-hydrogen) atoms. The molecule has 2 saturated heterocycles. The Morgan fingerprint density at radius 2 is 1.75 bits per heavy atom. The van der Waals surface area contributed by atoms with Gasteiger partial charge in [-0.1, -0.05) is 18.2 Å². The minimum absolute atomic E-state index is 0. The Kier molecular flexibility index (Phi) is 5.80. The molecule has 1 atom stereocenters. The Morgan fingerprint density at radius 1 is 1.04 bits per heavy atom. The second kappa shape index (κ2) is 7.85. The van der Waals surface area contributed by atoms with Crippen LogP contribution in [0.2, 0.25) is 0 Å². The van der Waals surface area contributed by atoms with Gasteiger partial charge < -0.3 is 15.5 Å². The van der Waals surface area contributed by atoms with Gasteiger partial charge in [0, 0.05) is 12.2 Å². The lowest BCUT2D eigenvalue weighted by Crippen LogP contribution is -2.41. The quantitative estimate of drug-likeness (QED) is 0.882.